The first-order valence-electron chi connectivity index (χ1n) is 14.3. The van der Waals surface area contributed by atoms with E-state index in [0.717, 1.165) is 24.2 Å². The number of halogens is 1. The van der Waals surface area contributed by atoms with Gasteiger partial charge in [0, 0.05) is 18.0 Å². The van der Waals surface area contributed by atoms with E-state index in [1.807, 2.05) is 32.3 Å². The fourth-order valence-corrected chi connectivity index (χ4v) is 5.21. The van der Waals surface area contributed by atoms with Gasteiger partial charge in [0.05, 0.1) is 48.2 Å². The van der Waals surface area contributed by atoms with E-state index in [4.69, 9.17) is 0 Å². The molecule has 0 spiro atoms. The zero-order chi connectivity index (χ0) is 30.5. The molecule has 2 aliphatic rings. The summed E-state index contributed by atoms with van der Waals surface area (Å²) in [6.07, 6.45) is 5.26. The molecular weight excluding hydrogens is 553 g/mol. The quantitative estimate of drug-likeness (QED) is 0.307. The monoisotopic (exact) mass is 587 g/mol. The third kappa shape index (κ3) is 5.72. The molecule has 0 saturated heterocycles. The molecule has 1 saturated carbocycles. The van der Waals surface area contributed by atoms with Gasteiger partial charge < -0.3 is 29.8 Å². The van der Waals surface area contributed by atoms with Crippen LogP contribution in [0.2, 0.25) is 0 Å². The van der Waals surface area contributed by atoms with E-state index in [2.05, 4.69) is 30.8 Å². The number of aliphatic hydroxyl groups excluding tert-OH is 1. The number of carbonyl (C=O) groups excluding carboxylic acids is 2. The summed E-state index contributed by atoms with van der Waals surface area (Å²) in [4.78, 5) is 37.5. The van der Waals surface area contributed by atoms with Gasteiger partial charge in [0.1, 0.15) is 23.7 Å². The van der Waals surface area contributed by atoms with Crippen LogP contribution < -0.4 is 10.6 Å². The SMILES string of the molecule is C[C@H](CO)n1cnnc1-c1cccc(NC(=O)c2cc3c(cc2F)CN(C(=O)NC(C)(C)C)Cc2c(C4CC4)ncn2-3)n1. The molecule has 0 bridgehead atoms. The van der Waals surface area contributed by atoms with Crippen molar-refractivity contribution in [1.29, 1.82) is 0 Å². The Morgan fingerprint density at radius 2 is 1.95 bits per heavy atom. The summed E-state index contributed by atoms with van der Waals surface area (Å²) in [5.74, 6) is -0.435. The fourth-order valence-electron chi connectivity index (χ4n) is 5.21. The molecule has 1 aromatic carbocycles. The highest BCUT2D eigenvalue weighted by Gasteiger charge is 2.34. The van der Waals surface area contributed by atoms with Crippen molar-refractivity contribution in [2.75, 3.05) is 11.9 Å². The van der Waals surface area contributed by atoms with Crippen LogP contribution in [0.3, 0.4) is 0 Å². The summed E-state index contributed by atoms with van der Waals surface area (Å²) < 4.78 is 19.2. The van der Waals surface area contributed by atoms with Gasteiger partial charge in [0.15, 0.2) is 5.82 Å². The van der Waals surface area contributed by atoms with Crippen LogP contribution in [0.1, 0.15) is 79.8 Å². The summed E-state index contributed by atoms with van der Waals surface area (Å²) in [7, 11) is 0. The number of nitrogens with zero attached hydrogens (tertiary/aromatic N) is 7. The molecular formula is C30H34FN9O3. The second-order valence-corrected chi connectivity index (χ2v) is 12.2. The minimum atomic E-state index is -0.717. The number of aromatic nitrogens is 6. The normalized spacial score (nSPS) is 15.3. The predicted octanol–water partition coefficient (Wildman–Crippen LogP) is 4.17. The third-order valence-electron chi connectivity index (χ3n) is 7.54. The van der Waals surface area contributed by atoms with E-state index in [0.29, 0.717) is 35.2 Å². The second-order valence-electron chi connectivity index (χ2n) is 12.2. The molecule has 1 aliphatic heterocycles. The first-order valence-corrected chi connectivity index (χ1v) is 14.3. The Balaban J connectivity index is 1.33. The number of hydrogen-bond acceptors (Lipinski definition) is 7. The molecule has 3 amide bonds. The van der Waals surface area contributed by atoms with E-state index in [9.17, 15) is 14.7 Å². The lowest BCUT2D eigenvalue weighted by Crippen LogP contribution is -2.47. The van der Waals surface area contributed by atoms with Gasteiger partial charge in [-0.2, -0.15) is 0 Å². The molecule has 1 fully saturated rings. The minimum Gasteiger partial charge on any atom is -0.394 e. The number of nitrogens with one attached hydrogen (secondary N) is 2. The predicted molar refractivity (Wildman–Crippen MR) is 156 cm³/mol. The molecule has 43 heavy (non-hydrogen) atoms. The Labute approximate surface area is 248 Å². The Kier molecular flexibility index (Phi) is 7.20. The second kappa shape index (κ2) is 10.9. The van der Waals surface area contributed by atoms with Gasteiger partial charge >= 0.3 is 6.03 Å². The van der Waals surface area contributed by atoms with Crippen molar-refractivity contribution >= 4 is 17.8 Å². The van der Waals surface area contributed by atoms with Crippen LogP contribution in [-0.2, 0) is 13.1 Å². The van der Waals surface area contributed by atoms with Crippen molar-refractivity contribution in [2.45, 2.75) is 71.1 Å². The van der Waals surface area contributed by atoms with Gasteiger partial charge in [-0.15, -0.1) is 10.2 Å². The Hall–Kier alpha value is -4.65. The zero-order valence-corrected chi connectivity index (χ0v) is 24.5. The van der Waals surface area contributed by atoms with Crippen molar-refractivity contribution in [3.63, 3.8) is 0 Å². The summed E-state index contributed by atoms with van der Waals surface area (Å²) >= 11 is 0. The molecule has 6 rings (SSSR count). The van der Waals surface area contributed by atoms with Gasteiger partial charge in [-0.3, -0.25) is 4.79 Å². The van der Waals surface area contributed by atoms with Crippen LogP contribution in [0.15, 0.2) is 43.0 Å². The highest BCUT2D eigenvalue weighted by atomic mass is 19.1. The number of pyridine rings is 1. The fraction of sp³-hybridized carbons (Fsp3) is 0.400. The van der Waals surface area contributed by atoms with Crippen molar-refractivity contribution < 1.29 is 19.1 Å². The van der Waals surface area contributed by atoms with Crippen molar-refractivity contribution in [3.05, 3.63) is 71.3 Å². The van der Waals surface area contributed by atoms with Crippen molar-refractivity contribution in [2.24, 2.45) is 0 Å². The molecule has 4 heterocycles. The minimum absolute atomic E-state index is 0.112. The molecule has 224 valence electrons. The number of fused-ring (bicyclic) bond motifs is 3. The van der Waals surface area contributed by atoms with Crippen molar-refractivity contribution in [1.82, 2.24) is 39.5 Å². The van der Waals surface area contributed by atoms with E-state index in [1.165, 1.54) is 18.5 Å². The average molecular weight is 588 g/mol. The molecule has 3 aromatic heterocycles. The summed E-state index contributed by atoms with van der Waals surface area (Å²) in [5.41, 5.74) is 2.77. The Morgan fingerprint density at radius 3 is 2.67 bits per heavy atom. The largest absolute Gasteiger partial charge is 0.394 e. The van der Waals surface area contributed by atoms with Crippen LogP contribution in [0, 0.1) is 5.82 Å². The molecule has 12 nitrogen and oxygen atoms in total. The number of aliphatic hydroxyl groups is 1. The third-order valence-corrected chi connectivity index (χ3v) is 7.54. The molecule has 0 radical (unpaired) electrons. The number of hydrogen-bond donors (Lipinski definition) is 3. The van der Waals surface area contributed by atoms with Gasteiger partial charge in [0.25, 0.3) is 5.91 Å². The van der Waals surface area contributed by atoms with Gasteiger partial charge in [-0.05, 0) is 70.4 Å². The highest BCUT2D eigenvalue weighted by molar-refractivity contribution is 6.04. The number of urea groups is 1. The first-order chi connectivity index (χ1) is 20.5. The van der Waals surface area contributed by atoms with E-state index >= 15 is 4.39 Å². The van der Waals surface area contributed by atoms with E-state index in [-0.39, 0.29) is 36.6 Å². The Morgan fingerprint density at radius 1 is 1.16 bits per heavy atom. The zero-order valence-electron chi connectivity index (χ0n) is 24.5. The van der Waals surface area contributed by atoms with E-state index in [1.54, 1.807) is 34.0 Å². The lowest BCUT2D eigenvalue weighted by atomic mass is 10.1. The highest BCUT2D eigenvalue weighted by Crippen LogP contribution is 2.42. The van der Waals surface area contributed by atoms with Crippen molar-refractivity contribution in [3.8, 4) is 17.2 Å². The van der Waals surface area contributed by atoms with Crippen LogP contribution >= 0.6 is 0 Å². The Bertz CT molecular complexity index is 1700. The number of imidazole rings is 1. The first kappa shape index (κ1) is 28.5. The van der Waals surface area contributed by atoms with E-state index < -0.39 is 17.3 Å². The topological polar surface area (TPSA) is 143 Å². The molecule has 1 atom stereocenters. The number of anilines is 1. The van der Waals surface area contributed by atoms with Gasteiger partial charge in [-0.1, -0.05) is 6.07 Å². The number of rotatable bonds is 6. The molecule has 13 heteroatoms. The standard InChI is InChI=1S/C30H34FN9O3/c1-17(14-41)39-16-33-37-27(39)22-6-5-7-25(34-22)35-28(42)20-11-23-19(10-21(20)31)12-38(29(43)36-30(2,3)4)13-24-26(18-8-9-18)32-15-40(23)24/h5-7,10-11,15-18,41H,8-9,12-14H2,1-4H3,(H,36,43)(H,34,35,42)/t17-/m1/s1. The maximum atomic E-state index is 15.6. The van der Waals surface area contributed by atoms with Crippen LogP contribution in [0.4, 0.5) is 15.0 Å². The average Bonchev–Trinajstić information content (AvgIpc) is 3.57. The summed E-state index contributed by atoms with van der Waals surface area (Å²) in [6.45, 7) is 7.90. The summed E-state index contributed by atoms with van der Waals surface area (Å²) in [5, 5.41) is 23.3. The van der Waals surface area contributed by atoms with Gasteiger partial charge in [-0.25, -0.2) is 19.2 Å². The van der Waals surface area contributed by atoms with Crippen LogP contribution in [0.25, 0.3) is 17.2 Å². The molecule has 1 aliphatic carbocycles. The maximum Gasteiger partial charge on any atom is 0.318 e. The molecule has 3 N–H and O–H groups in total. The molecule has 0 unspecified atom stereocenters. The van der Waals surface area contributed by atoms with Crippen LogP contribution in [-0.4, -0.2) is 63.4 Å². The number of amides is 3. The molecule has 4 aromatic rings. The number of benzene rings is 1. The van der Waals surface area contributed by atoms with Gasteiger partial charge in [0.2, 0.25) is 0 Å². The number of carbonyl (C=O) groups is 2. The maximum absolute atomic E-state index is 15.6. The lowest BCUT2D eigenvalue weighted by molar-refractivity contribution is 0.102. The lowest BCUT2D eigenvalue weighted by Gasteiger charge is -2.27. The summed E-state index contributed by atoms with van der Waals surface area (Å²) in [6, 6.07) is 7.30. The smallest absolute Gasteiger partial charge is 0.318 e. The van der Waals surface area contributed by atoms with Crippen LogP contribution in [0.5, 0.6) is 0 Å².